The van der Waals surface area contributed by atoms with Crippen molar-refractivity contribution in [2.75, 3.05) is 0 Å². The Morgan fingerprint density at radius 1 is 1.38 bits per heavy atom. The van der Waals surface area contributed by atoms with Crippen molar-refractivity contribution in [3.05, 3.63) is 29.6 Å². The highest BCUT2D eigenvalue weighted by molar-refractivity contribution is 5.22. The van der Waals surface area contributed by atoms with E-state index in [-0.39, 0.29) is 11.5 Å². The van der Waals surface area contributed by atoms with Gasteiger partial charge in [-0.2, -0.15) is 0 Å². The van der Waals surface area contributed by atoms with E-state index in [0.717, 1.165) is 0 Å². The molecule has 16 heavy (non-hydrogen) atoms. The molecule has 0 amide bonds. The Hall–Kier alpha value is -0.930. The van der Waals surface area contributed by atoms with E-state index in [1.807, 2.05) is 12.4 Å². The quantitative estimate of drug-likeness (QED) is 0.606. The molecule has 1 aromatic rings. The number of nitrogens with two attached hydrogens (primary N) is 1. The Bertz CT molecular complexity index is 356. The summed E-state index contributed by atoms with van der Waals surface area (Å²) in [6.07, 6.45) is 8.93. The standard InChI is InChI=1S/C13H21N3/c1-10-7-11(9-15-8-10)12(16-14)13(2)5-3-4-6-13/h7-9,12,16H,3-6,14H2,1-2H3. The van der Waals surface area contributed by atoms with Crippen LogP contribution in [0, 0.1) is 12.3 Å². The van der Waals surface area contributed by atoms with Crippen LogP contribution >= 0.6 is 0 Å². The van der Waals surface area contributed by atoms with Gasteiger partial charge in [0.25, 0.3) is 0 Å². The summed E-state index contributed by atoms with van der Waals surface area (Å²) < 4.78 is 0. The molecule has 0 radical (unpaired) electrons. The minimum atomic E-state index is 0.224. The van der Waals surface area contributed by atoms with Crippen LogP contribution < -0.4 is 11.3 Å². The summed E-state index contributed by atoms with van der Waals surface area (Å²) in [5.41, 5.74) is 5.68. The van der Waals surface area contributed by atoms with E-state index in [1.165, 1.54) is 36.8 Å². The predicted octanol–water partition coefficient (Wildman–Crippen LogP) is 2.47. The Morgan fingerprint density at radius 3 is 2.62 bits per heavy atom. The molecule has 1 aliphatic rings. The summed E-state index contributed by atoms with van der Waals surface area (Å²) >= 11 is 0. The minimum Gasteiger partial charge on any atom is -0.271 e. The molecule has 0 aromatic carbocycles. The van der Waals surface area contributed by atoms with Crippen LogP contribution in [0.5, 0.6) is 0 Å². The minimum absolute atomic E-state index is 0.224. The summed E-state index contributed by atoms with van der Waals surface area (Å²) in [5, 5.41) is 0. The van der Waals surface area contributed by atoms with Crippen molar-refractivity contribution in [1.29, 1.82) is 0 Å². The number of aryl methyl sites for hydroxylation is 1. The zero-order valence-corrected chi connectivity index (χ0v) is 10.2. The zero-order valence-electron chi connectivity index (χ0n) is 10.2. The Kier molecular flexibility index (Phi) is 3.26. The number of rotatable bonds is 3. The summed E-state index contributed by atoms with van der Waals surface area (Å²) in [7, 11) is 0. The maximum atomic E-state index is 5.74. The molecule has 1 aliphatic carbocycles. The average molecular weight is 219 g/mol. The van der Waals surface area contributed by atoms with Gasteiger partial charge in [-0.25, -0.2) is 0 Å². The highest BCUT2D eigenvalue weighted by atomic mass is 15.2. The van der Waals surface area contributed by atoms with Gasteiger partial charge < -0.3 is 0 Å². The van der Waals surface area contributed by atoms with Gasteiger partial charge in [-0.15, -0.1) is 0 Å². The van der Waals surface area contributed by atoms with E-state index in [4.69, 9.17) is 5.84 Å². The van der Waals surface area contributed by atoms with Gasteiger partial charge in [0, 0.05) is 12.4 Å². The maximum absolute atomic E-state index is 5.74. The van der Waals surface area contributed by atoms with Crippen molar-refractivity contribution >= 4 is 0 Å². The second kappa shape index (κ2) is 4.52. The van der Waals surface area contributed by atoms with Gasteiger partial charge in [-0.05, 0) is 36.3 Å². The molecule has 3 heteroatoms. The van der Waals surface area contributed by atoms with E-state index in [0.29, 0.717) is 0 Å². The van der Waals surface area contributed by atoms with Crippen LogP contribution in [-0.4, -0.2) is 4.98 Å². The highest BCUT2D eigenvalue weighted by Crippen LogP contribution is 2.46. The molecular formula is C13H21N3. The molecule has 88 valence electrons. The van der Waals surface area contributed by atoms with Crippen molar-refractivity contribution in [2.45, 2.75) is 45.6 Å². The summed E-state index contributed by atoms with van der Waals surface area (Å²) in [4.78, 5) is 4.26. The normalized spacial score (nSPS) is 20.9. The third kappa shape index (κ3) is 2.11. The van der Waals surface area contributed by atoms with Crippen molar-refractivity contribution in [2.24, 2.45) is 11.3 Å². The summed E-state index contributed by atoms with van der Waals surface area (Å²) in [6.45, 7) is 4.40. The molecule has 1 unspecified atom stereocenters. The first kappa shape index (κ1) is 11.6. The third-order valence-corrected chi connectivity index (χ3v) is 3.84. The van der Waals surface area contributed by atoms with E-state index >= 15 is 0 Å². The molecule has 2 rings (SSSR count). The van der Waals surface area contributed by atoms with Crippen molar-refractivity contribution in [3.8, 4) is 0 Å². The molecule has 0 bridgehead atoms. The van der Waals surface area contributed by atoms with Gasteiger partial charge in [-0.1, -0.05) is 25.8 Å². The predicted molar refractivity (Wildman–Crippen MR) is 65.6 cm³/mol. The summed E-state index contributed by atoms with van der Waals surface area (Å²) in [6, 6.07) is 2.41. The van der Waals surface area contributed by atoms with Gasteiger partial charge in [-0.3, -0.25) is 16.3 Å². The topological polar surface area (TPSA) is 50.9 Å². The first-order valence-corrected chi connectivity index (χ1v) is 6.03. The van der Waals surface area contributed by atoms with E-state index in [9.17, 15) is 0 Å². The highest BCUT2D eigenvalue weighted by Gasteiger charge is 2.37. The molecule has 1 fully saturated rings. The van der Waals surface area contributed by atoms with Crippen LogP contribution in [0.3, 0.4) is 0 Å². The molecule has 1 atom stereocenters. The monoisotopic (exact) mass is 219 g/mol. The fourth-order valence-corrected chi connectivity index (χ4v) is 2.91. The van der Waals surface area contributed by atoms with Gasteiger partial charge in [0.15, 0.2) is 0 Å². The maximum Gasteiger partial charge on any atom is 0.0528 e. The molecule has 1 heterocycles. The average Bonchev–Trinajstić information content (AvgIpc) is 2.67. The van der Waals surface area contributed by atoms with E-state index in [2.05, 4.69) is 30.3 Å². The number of hydrogen-bond acceptors (Lipinski definition) is 3. The molecule has 0 aliphatic heterocycles. The second-order valence-electron chi connectivity index (χ2n) is 5.26. The van der Waals surface area contributed by atoms with Gasteiger partial charge >= 0.3 is 0 Å². The molecule has 3 nitrogen and oxygen atoms in total. The fraction of sp³-hybridized carbons (Fsp3) is 0.615. The SMILES string of the molecule is Cc1cncc(C(NN)C2(C)CCCC2)c1. The Morgan fingerprint density at radius 2 is 2.06 bits per heavy atom. The van der Waals surface area contributed by atoms with Crippen molar-refractivity contribution in [1.82, 2.24) is 10.4 Å². The van der Waals surface area contributed by atoms with Crippen LogP contribution in [0.4, 0.5) is 0 Å². The number of nitrogens with zero attached hydrogens (tertiary/aromatic N) is 1. The zero-order chi connectivity index (χ0) is 11.6. The molecular weight excluding hydrogens is 198 g/mol. The van der Waals surface area contributed by atoms with Gasteiger partial charge in [0.1, 0.15) is 0 Å². The van der Waals surface area contributed by atoms with E-state index < -0.39 is 0 Å². The molecule has 0 spiro atoms. The molecule has 1 saturated carbocycles. The first-order chi connectivity index (χ1) is 7.65. The Labute approximate surface area is 97.4 Å². The Balaban J connectivity index is 2.28. The lowest BCUT2D eigenvalue weighted by Crippen LogP contribution is -2.38. The number of hydrogen-bond donors (Lipinski definition) is 2. The number of pyridine rings is 1. The van der Waals surface area contributed by atoms with Crippen molar-refractivity contribution < 1.29 is 0 Å². The lowest BCUT2D eigenvalue weighted by Gasteiger charge is -2.33. The van der Waals surface area contributed by atoms with Crippen LogP contribution in [0.2, 0.25) is 0 Å². The largest absolute Gasteiger partial charge is 0.271 e. The lowest BCUT2D eigenvalue weighted by molar-refractivity contribution is 0.224. The van der Waals surface area contributed by atoms with Gasteiger partial charge in [0.2, 0.25) is 0 Å². The van der Waals surface area contributed by atoms with Crippen LogP contribution in [0.15, 0.2) is 18.5 Å². The molecule has 1 aromatic heterocycles. The molecule has 0 saturated heterocycles. The van der Waals surface area contributed by atoms with Gasteiger partial charge in [0.05, 0.1) is 6.04 Å². The van der Waals surface area contributed by atoms with Crippen LogP contribution in [-0.2, 0) is 0 Å². The second-order valence-corrected chi connectivity index (χ2v) is 5.26. The van der Waals surface area contributed by atoms with E-state index in [1.54, 1.807) is 0 Å². The third-order valence-electron chi connectivity index (χ3n) is 3.84. The van der Waals surface area contributed by atoms with Crippen LogP contribution in [0.25, 0.3) is 0 Å². The summed E-state index contributed by atoms with van der Waals surface area (Å²) in [5.74, 6) is 5.74. The van der Waals surface area contributed by atoms with Crippen LogP contribution in [0.1, 0.15) is 49.8 Å². The lowest BCUT2D eigenvalue weighted by atomic mass is 9.78. The number of aromatic nitrogens is 1. The number of nitrogens with one attached hydrogen (secondary N) is 1. The number of hydrazine groups is 1. The smallest absolute Gasteiger partial charge is 0.0528 e. The van der Waals surface area contributed by atoms with Crippen molar-refractivity contribution in [3.63, 3.8) is 0 Å². The first-order valence-electron chi connectivity index (χ1n) is 6.03. The molecule has 3 N–H and O–H groups in total. The fourth-order valence-electron chi connectivity index (χ4n) is 2.91.